The van der Waals surface area contributed by atoms with Gasteiger partial charge in [0.25, 0.3) is 11.8 Å². The number of likely N-dealkylation sites (tertiary alicyclic amines) is 1. The van der Waals surface area contributed by atoms with Crippen LogP contribution in [0.1, 0.15) is 37.8 Å². The number of carbonyl (C=O) groups is 2. The fraction of sp³-hybridized carbons (Fsp3) is 0.231. The van der Waals surface area contributed by atoms with E-state index in [-0.39, 0.29) is 29.5 Å². The molecule has 0 N–H and O–H groups in total. The Bertz CT molecular complexity index is 1080. The van der Waals surface area contributed by atoms with Gasteiger partial charge < -0.3 is 0 Å². The van der Waals surface area contributed by atoms with Crippen LogP contribution in [0.5, 0.6) is 0 Å². The van der Waals surface area contributed by atoms with Crippen LogP contribution >= 0.6 is 0 Å². The molecule has 0 aromatic heterocycles. The lowest BCUT2D eigenvalue weighted by Gasteiger charge is -2.23. The summed E-state index contributed by atoms with van der Waals surface area (Å²) in [6.07, 6.45) is 0. The predicted molar refractivity (Wildman–Crippen MR) is 116 cm³/mol. The van der Waals surface area contributed by atoms with Gasteiger partial charge in [0.15, 0.2) is 0 Å². The summed E-state index contributed by atoms with van der Waals surface area (Å²) in [6.45, 7) is 2.73. The van der Waals surface area contributed by atoms with E-state index in [1.165, 1.54) is 22.6 Å². The summed E-state index contributed by atoms with van der Waals surface area (Å²) in [4.78, 5) is 29.5. The molecule has 2 amide bonds. The normalized spacial score (nSPS) is 21.0. The second-order valence-corrected chi connectivity index (χ2v) is 8.36. The largest absolute Gasteiger partial charge is 0.298 e. The Morgan fingerprint density at radius 2 is 1.39 bits per heavy atom. The third-order valence-electron chi connectivity index (χ3n) is 6.36. The van der Waals surface area contributed by atoms with Crippen molar-refractivity contribution in [1.82, 2.24) is 9.80 Å². The van der Waals surface area contributed by atoms with E-state index < -0.39 is 0 Å². The number of amides is 2. The van der Waals surface area contributed by atoms with E-state index in [0.29, 0.717) is 17.7 Å². The van der Waals surface area contributed by atoms with Gasteiger partial charge in [-0.15, -0.1) is 0 Å². The first-order valence-electron chi connectivity index (χ1n) is 10.6. The number of imide groups is 1. The van der Waals surface area contributed by atoms with E-state index >= 15 is 0 Å². The Balaban J connectivity index is 1.40. The number of hydrogen-bond acceptors (Lipinski definition) is 3. The minimum absolute atomic E-state index is 0.0800. The number of carbonyl (C=O) groups excluding carboxylic acids is 2. The van der Waals surface area contributed by atoms with Crippen molar-refractivity contribution in [2.24, 2.45) is 5.92 Å². The molecule has 156 valence electrons. The molecule has 0 unspecified atom stereocenters. The molecule has 3 aromatic rings. The minimum atomic E-state index is -0.264. The van der Waals surface area contributed by atoms with Crippen molar-refractivity contribution in [2.45, 2.75) is 12.5 Å². The highest BCUT2D eigenvalue weighted by atomic mass is 19.1. The molecule has 2 aliphatic rings. The maximum atomic E-state index is 13.5. The van der Waals surface area contributed by atoms with Gasteiger partial charge in [0.05, 0.1) is 11.1 Å². The SMILES string of the molecule is O=C1c2ccccc2C(=O)N1C[C@H]1CN(Cc2ccccc2)C[C@@H]1c1ccc(F)cc1. The fourth-order valence-electron chi connectivity index (χ4n) is 4.84. The van der Waals surface area contributed by atoms with Crippen molar-refractivity contribution in [3.63, 3.8) is 0 Å². The fourth-order valence-corrected chi connectivity index (χ4v) is 4.84. The summed E-state index contributed by atoms with van der Waals surface area (Å²) in [5.74, 6) is -0.510. The Labute approximate surface area is 180 Å². The smallest absolute Gasteiger partial charge is 0.261 e. The molecule has 0 spiro atoms. The van der Waals surface area contributed by atoms with Gasteiger partial charge in [0.1, 0.15) is 5.82 Å². The first kappa shape index (κ1) is 19.6. The summed E-state index contributed by atoms with van der Waals surface area (Å²) in [7, 11) is 0. The molecule has 5 rings (SSSR count). The molecule has 2 atom stereocenters. The van der Waals surface area contributed by atoms with Crippen molar-refractivity contribution < 1.29 is 14.0 Å². The summed E-state index contributed by atoms with van der Waals surface area (Å²) in [5, 5.41) is 0. The number of hydrogen-bond donors (Lipinski definition) is 0. The molecule has 4 nitrogen and oxygen atoms in total. The predicted octanol–water partition coefficient (Wildman–Crippen LogP) is 4.34. The second kappa shape index (κ2) is 8.08. The van der Waals surface area contributed by atoms with Crippen LogP contribution in [-0.4, -0.2) is 41.2 Å². The highest BCUT2D eigenvalue weighted by Gasteiger charge is 2.41. The number of rotatable bonds is 5. The van der Waals surface area contributed by atoms with Gasteiger partial charge in [0, 0.05) is 32.1 Å². The topological polar surface area (TPSA) is 40.6 Å². The van der Waals surface area contributed by atoms with E-state index in [4.69, 9.17) is 0 Å². The maximum absolute atomic E-state index is 13.5. The van der Waals surface area contributed by atoms with E-state index in [2.05, 4.69) is 17.0 Å². The highest BCUT2D eigenvalue weighted by molar-refractivity contribution is 6.21. The Morgan fingerprint density at radius 1 is 0.774 bits per heavy atom. The molecular formula is C26H23FN2O2. The van der Waals surface area contributed by atoms with Crippen LogP contribution in [0.3, 0.4) is 0 Å². The summed E-state index contributed by atoms with van der Waals surface area (Å²) in [5.41, 5.74) is 3.22. The van der Waals surface area contributed by atoms with E-state index in [0.717, 1.165) is 25.2 Å². The van der Waals surface area contributed by atoms with Gasteiger partial charge >= 0.3 is 0 Å². The Kier molecular flexibility index (Phi) is 5.12. The molecule has 0 radical (unpaired) electrons. The van der Waals surface area contributed by atoms with Crippen molar-refractivity contribution in [1.29, 1.82) is 0 Å². The first-order chi connectivity index (χ1) is 15.1. The Hall–Kier alpha value is -3.31. The zero-order chi connectivity index (χ0) is 21.4. The van der Waals surface area contributed by atoms with Crippen LogP contribution in [0.2, 0.25) is 0 Å². The number of halogens is 1. The van der Waals surface area contributed by atoms with Crippen LogP contribution in [0.15, 0.2) is 78.9 Å². The number of fused-ring (bicyclic) bond motifs is 1. The van der Waals surface area contributed by atoms with Gasteiger partial charge in [-0.3, -0.25) is 19.4 Å². The summed E-state index contributed by atoms with van der Waals surface area (Å²) >= 11 is 0. The van der Waals surface area contributed by atoms with E-state index in [9.17, 15) is 14.0 Å². The molecule has 3 aromatic carbocycles. The van der Waals surface area contributed by atoms with E-state index in [1.807, 2.05) is 30.3 Å². The lowest BCUT2D eigenvalue weighted by molar-refractivity contribution is 0.0626. The second-order valence-electron chi connectivity index (χ2n) is 8.36. The molecule has 2 aliphatic heterocycles. The van der Waals surface area contributed by atoms with Gasteiger partial charge in [-0.25, -0.2) is 4.39 Å². The zero-order valence-electron chi connectivity index (χ0n) is 17.1. The van der Waals surface area contributed by atoms with Gasteiger partial charge in [-0.2, -0.15) is 0 Å². The van der Waals surface area contributed by atoms with Crippen LogP contribution in [-0.2, 0) is 6.54 Å². The molecular weight excluding hydrogens is 391 g/mol. The zero-order valence-corrected chi connectivity index (χ0v) is 17.1. The minimum Gasteiger partial charge on any atom is -0.298 e. The van der Waals surface area contributed by atoms with Crippen LogP contribution in [0, 0.1) is 11.7 Å². The molecule has 2 heterocycles. The average molecular weight is 414 g/mol. The number of benzene rings is 3. The lowest BCUT2D eigenvalue weighted by atomic mass is 9.88. The quantitative estimate of drug-likeness (QED) is 0.584. The van der Waals surface area contributed by atoms with Crippen LogP contribution < -0.4 is 0 Å². The highest BCUT2D eigenvalue weighted by Crippen LogP contribution is 2.36. The van der Waals surface area contributed by atoms with Crippen molar-refractivity contribution in [3.05, 3.63) is 107 Å². The lowest BCUT2D eigenvalue weighted by Crippen LogP contribution is -2.36. The monoisotopic (exact) mass is 414 g/mol. The molecule has 1 fully saturated rings. The summed E-state index contributed by atoms with van der Waals surface area (Å²) in [6, 6.07) is 23.9. The van der Waals surface area contributed by atoms with Crippen molar-refractivity contribution in [2.75, 3.05) is 19.6 Å². The van der Waals surface area contributed by atoms with Gasteiger partial charge in [0.2, 0.25) is 0 Å². The van der Waals surface area contributed by atoms with Gasteiger partial charge in [-0.1, -0.05) is 54.6 Å². The molecule has 0 aliphatic carbocycles. The molecule has 1 saturated heterocycles. The maximum Gasteiger partial charge on any atom is 0.261 e. The van der Waals surface area contributed by atoms with Gasteiger partial charge in [-0.05, 0) is 41.3 Å². The van der Waals surface area contributed by atoms with Crippen molar-refractivity contribution in [3.8, 4) is 0 Å². The Morgan fingerprint density at radius 3 is 2.03 bits per heavy atom. The molecule has 5 heteroatoms. The third kappa shape index (κ3) is 3.77. The van der Waals surface area contributed by atoms with Crippen molar-refractivity contribution >= 4 is 11.8 Å². The molecule has 0 bridgehead atoms. The van der Waals surface area contributed by atoms with Crippen LogP contribution in [0.4, 0.5) is 4.39 Å². The molecule has 0 saturated carbocycles. The standard InChI is InChI=1S/C26H23FN2O2/c27-21-12-10-19(11-13-21)24-17-28(14-18-6-2-1-3-7-18)15-20(24)16-29-25(30)22-8-4-5-9-23(22)26(29)31/h1-13,20,24H,14-17H2/t20-,24-/m1/s1. The molecule has 31 heavy (non-hydrogen) atoms. The first-order valence-corrected chi connectivity index (χ1v) is 10.6. The average Bonchev–Trinajstić information content (AvgIpc) is 3.29. The third-order valence-corrected chi connectivity index (χ3v) is 6.36. The number of nitrogens with zero attached hydrogens (tertiary/aromatic N) is 2. The van der Waals surface area contributed by atoms with E-state index in [1.54, 1.807) is 24.3 Å². The summed E-state index contributed by atoms with van der Waals surface area (Å²) < 4.78 is 13.5. The van der Waals surface area contributed by atoms with Crippen LogP contribution in [0.25, 0.3) is 0 Å².